The molecule has 0 radical (unpaired) electrons. The summed E-state index contributed by atoms with van der Waals surface area (Å²) in [6, 6.07) is 0. The van der Waals surface area contributed by atoms with Crippen LogP contribution in [0, 0.1) is 0 Å². The van der Waals surface area contributed by atoms with Crippen molar-refractivity contribution < 1.29 is 13.5 Å². The van der Waals surface area contributed by atoms with Gasteiger partial charge in [0.25, 0.3) is 0 Å². The lowest BCUT2D eigenvalue weighted by Gasteiger charge is -2.26. The maximum Gasteiger partial charge on any atom is 0.160 e. The molecule has 6 heteroatoms. The number of rotatable bonds is 1. The Labute approximate surface area is 107 Å². The fraction of sp³-hybridized carbons (Fsp3) is 0.750. The first kappa shape index (κ1) is 12.2. The molecule has 3 rings (SSSR count). The summed E-state index contributed by atoms with van der Waals surface area (Å²) >= 11 is 0. The predicted octanol–water partition coefficient (Wildman–Crippen LogP) is 0.830. The summed E-state index contributed by atoms with van der Waals surface area (Å²) in [4.78, 5) is 4.32. The molecule has 0 spiro atoms. The predicted molar refractivity (Wildman–Crippen MR) is 66.9 cm³/mol. The van der Waals surface area contributed by atoms with Crippen molar-refractivity contribution in [1.82, 2.24) is 9.55 Å². The molecule has 2 atom stereocenters. The van der Waals surface area contributed by atoms with Gasteiger partial charge in [0.05, 0.1) is 18.4 Å². The lowest BCUT2D eigenvalue weighted by atomic mass is 10.1. The zero-order valence-corrected chi connectivity index (χ0v) is 11.1. The molecule has 3 heterocycles. The third-order valence-corrected chi connectivity index (χ3v) is 6.13. The number of aromatic nitrogens is 2. The Hall–Kier alpha value is -0.880. The minimum Gasteiger partial charge on any atom is -0.391 e. The zero-order chi connectivity index (χ0) is 12.8. The van der Waals surface area contributed by atoms with Gasteiger partial charge in [0.15, 0.2) is 9.84 Å². The third kappa shape index (κ3) is 1.97. The van der Waals surface area contributed by atoms with Gasteiger partial charge in [-0.2, -0.15) is 0 Å². The molecule has 18 heavy (non-hydrogen) atoms. The van der Waals surface area contributed by atoms with E-state index in [9.17, 15) is 13.5 Å². The van der Waals surface area contributed by atoms with Crippen LogP contribution in [0.2, 0.25) is 0 Å². The molecule has 2 aliphatic heterocycles. The van der Waals surface area contributed by atoms with Crippen molar-refractivity contribution in [2.45, 2.75) is 50.0 Å². The molecular weight excluding hydrogens is 252 g/mol. The number of aryl methyl sites for hydroxylation is 1. The molecule has 100 valence electrons. The van der Waals surface area contributed by atoms with Gasteiger partial charge in [-0.15, -0.1) is 0 Å². The van der Waals surface area contributed by atoms with E-state index in [1.165, 1.54) is 0 Å². The van der Waals surface area contributed by atoms with Crippen LogP contribution in [0.25, 0.3) is 0 Å². The summed E-state index contributed by atoms with van der Waals surface area (Å²) in [5, 5.41) is 9.26. The summed E-state index contributed by atoms with van der Waals surface area (Å²) < 4.78 is 26.2. The van der Waals surface area contributed by atoms with E-state index in [0.717, 1.165) is 31.4 Å². The molecule has 1 saturated heterocycles. The Bertz CT molecular complexity index is 550. The first-order valence-corrected chi connectivity index (χ1v) is 8.23. The maximum atomic E-state index is 12.1. The molecule has 1 aromatic rings. The lowest BCUT2D eigenvalue weighted by Crippen LogP contribution is -2.29. The highest BCUT2D eigenvalue weighted by Gasteiger charge is 2.35. The average Bonchev–Trinajstić information content (AvgIpc) is 2.71. The van der Waals surface area contributed by atoms with E-state index in [0.29, 0.717) is 18.8 Å². The van der Waals surface area contributed by atoms with Gasteiger partial charge in [0, 0.05) is 11.9 Å². The molecule has 1 aromatic heterocycles. The van der Waals surface area contributed by atoms with Gasteiger partial charge in [0.2, 0.25) is 0 Å². The van der Waals surface area contributed by atoms with Crippen LogP contribution >= 0.6 is 0 Å². The molecule has 0 aromatic carbocycles. The standard InChI is InChI=1S/C12H18N2O3S/c15-10-5-4-9-7-13-12(14(9)8-10)11-3-1-2-6-18(11,16)17/h7,10-11,15H,1-6,8H2. The zero-order valence-electron chi connectivity index (χ0n) is 10.2. The minimum atomic E-state index is -3.06. The Morgan fingerprint density at radius 3 is 2.94 bits per heavy atom. The van der Waals surface area contributed by atoms with E-state index in [4.69, 9.17) is 0 Å². The van der Waals surface area contributed by atoms with Crippen LogP contribution in [0.1, 0.15) is 42.5 Å². The minimum absolute atomic E-state index is 0.266. The first-order chi connectivity index (χ1) is 8.58. The quantitative estimate of drug-likeness (QED) is 0.820. The van der Waals surface area contributed by atoms with Crippen molar-refractivity contribution in [1.29, 1.82) is 0 Å². The summed E-state index contributed by atoms with van der Waals surface area (Å²) in [5.41, 5.74) is 1.05. The van der Waals surface area contributed by atoms with Crippen LogP contribution in [0.15, 0.2) is 6.20 Å². The van der Waals surface area contributed by atoms with Gasteiger partial charge in [-0.05, 0) is 25.7 Å². The Morgan fingerprint density at radius 2 is 2.17 bits per heavy atom. The van der Waals surface area contributed by atoms with Gasteiger partial charge < -0.3 is 9.67 Å². The molecule has 5 nitrogen and oxygen atoms in total. The largest absolute Gasteiger partial charge is 0.391 e. The van der Waals surface area contributed by atoms with E-state index < -0.39 is 15.1 Å². The normalized spacial score (nSPS) is 30.9. The Morgan fingerprint density at radius 1 is 1.33 bits per heavy atom. The molecule has 1 N–H and O–H groups in total. The van der Waals surface area contributed by atoms with E-state index in [1.807, 2.05) is 4.57 Å². The molecule has 0 amide bonds. The highest BCUT2D eigenvalue weighted by atomic mass is 32.2. The summed E-state index contributed by atoms with van der Waals surface area (Å²) in [7, 11) is -3.06. The summed E-state index contributed by atoms with van der Waals surface area (Å²) in [6.45, 7) is 0.483. The van der Waals surface area contributed by atoms with E-state index in [2.05, 4.69) is 4.98 Å². The van der Waals surface area contributed by atoms with E-state index in [-0.39, 0.29) is 11.9 Å². The molecule has 0 aliphatic carbocycles. The third-order valence-electron chi connectivity index (χ3n) is 3.96. The molecule has 0 bridgehead atoms. The maximum absolute atomic E-state index is 12.1. The van der Waals surface area contributed by atoms with Crippen molar-refractivity contribution in [3.8, 4) is 0 Å². The second-order valence-electron chi connectivity index (χ2n) is 5.26. The highest BCUT2D eigenvalue weighted by Crippen LogP contribution is 2.34. The van der Waals surface area contributed by atoms with Crippen LogP contribution in [0.5, 0.6) is 0 Å². The average molecular weight is 270 g/mol. The second kappa shape index (κ2) is 4.35. The molecular formula is C12H18N2O3S. The van der Waals surface area contributed by atoms with E-state index >= 15 is 0 Å². The number of sulfone groups is 1. The fourth-order valence-corrected chi connectivity index (χ4v) is 4.88. The smallest absolute Gasteiger partial charge is 0.160 e. The number of nitrogens with zero attached hydrogens (tertiary/aromatic N) is 2. The van der Waals surface area contributed by atoms with Crippen LogP contribution in [0.4, 0.5) is 0 Å². The van der Waals surface area contributed by atoms with Crippen molar-refractivity contribution in [2.75, 3.05) is 5.75 Å². The van der Waals surface area contributed by atoms with Crippen LogP contribution in [-0.2, 0) is 22.8 Å². The van der Waals surface area contributed by atoms with Crippen molar-refractivity contribution in [3.05, 3.63) is 17.7 Å². The van der Waals surface area contributed by atoms with Crippen LogP contribution < -0.4 is 0 Å². The van der Waals surface area contributed by atoms with Crippen molar-refractivity contribution in [3.63, 3.8) is 0 Å². The Kier molecular flexibility index (Phi) is 2.94. The van der Waals surface area contributed by atoms with Crippen LogP contribution in [0.3, 0.4) is 0 Å². The molecule has 1 fully saturated rings. The number of hydrogen-bond donors (Lipinski definition) is 1. The van der Waals surface area contributed by atoms with Gasteiger partial charge in [-0.25, -0.2) is 13.4 Å². The number of hydrogen-bond acceptors (Lipinski definition) is 4. The molecule has 2 unspecified atom stereocenters. The van der Waals surface area contributed by atoms with Gasteiger partial charge in [-0.1, -0.05) is 6.42 Å². The SMILES string of the molecule is O=S1(=O)CCCCC1c1ncc2n1CC(O)CC2. The van der Waals surface area contributed by atoms with Gasteiger partial charge >= 0.3 is 0 Å². The van der Waals surface area contributed by atoms with E-state index in [1.54, 1.807) is 6.20 Å². The van der Waals surface area contributed by atoms with Crippen molar-refractivity contribution in [2.24, 2.45) is 0 Å². The number of fused-ring (bicyclic) bond motifs is 1. The van der Waals surface area contributed by atoms with Crippen LogP contribution in [-0.4, -0.2) is 34.9 Å². The number of aliphatic hydroxyl groups is 1. The highest BCUT2D eigenvalue weighted by molar-refractivity contribution is 7.91. The van der Waals surface area contributed by atoms with Crippen molar-refractivity contribution >= 4 is 9.84 Å². The Balaban J connectivity index is 2.00. The summed E-state index contributed by atoms with van der Waals surface area (Å²) in [5.74, 6) is 0.908. The molecule has 2 aliphatic rings. The fourth-order valence-electron chi connectivity index (χ4n) is 2.96. The number of imidazole rings is 1. The topological polar surface area (TPSA) is 72.2 Å². The first-order valence-electron chi connectivity index (χ1n) is 6.52. The summed E-state index contributed by atoms with van der Waals surface area (Å²) in [6.07, 6.45) is 5.27. The lowest BCUT2D eigenvalue weighted by molar-refractivity contribution is 0.129. The van der Waals surface area contributed by atoms with Gasteiger partial charge in [0.1, 0.15) is 11.1 Å². The number of aliphatic hydroxyl groups excluding tert-OH is 1. The monoisotopic (exact) mass is 270 g/mol. The molecule has 0 saturated carbocycles. The second-order valence-corrected chi connectivity index (χ2v) is 7.57. The van der Waals surface area contributed by atoms with Gasteiger partial charge in [-0.3, -0.25) is 0 Å².